The van der Waals surface area contributed by atoms with Gasteiger partial charge in [0, 0.05) is 44.0 Å². The van der Waals surface area contributed by atoms with E-state index in [1.165, 1.54) is 115 Å². The Bertz CT molecular complexity index is 4070. The fourth-order valence-electron chi connectivity index (χ4n) is 11.1. The number of aromatic nitrogens is 2. The minimum Gasteiger partial charge on any atom is -0.309 e. The maximum absolute atomic E-state index is 2.46. The van der Waals surface area contributed by atoms with Crippen molar-refractivity contribution in [2.75, 3.05) is 0 Å². The zero-order valence-corrected chi connectivity index (χ0v) is 38.4. The molecule has 0 atom stereocenters. The highest BCUT2D eigenvalue weighted by Gasteiger charge is 2.23. The van der Waals surface area contributed by atoms with Crippen LogP contribution in [0.1, 0.15) is 26.3 Å². The van der Waals surface area contributed by atoms with Gasteiger partial charge in [0.15, 0.2) is 0 Å². The van der Waals surface area contributed by atoms with Crippen molar-refractivity contribution in [3.05, 3.63) is 242 Å². The fourth-order valence-corrected chi connectivity index (χ4v) is 11.1. The standard InChI is InChI=1S/C66H48N2/c1-66(2,3)47-40-41-56-59(42-47)63(46-38-34-44(35-39-46)51-27-17-29-58-53-23-13-15-31-61(53)68(65(51)58)49-20-8-5-9-21-49)55-25-11-10-24-54(55)62(56)45-36-32-43(33-37-45)50-26-16-28-57-52-22-12-14-30-60(52)67(64(50)57)48-18-6-4-7-19-48/h4-42H,1-3H3. The molecule has 322 valence electrons. The predicted octanol–water partition coefficient (Wildman–Crippen LogP) is 18.2. The van der Waals surface area contributed by atoms with Crippen molar-refractivity contribution in [1.29, 1.82) is 0 Å². The van der Waals surface area contributed by atoms with Crippen LogP contribution in [-0.2, 0) is 5.41 Å². The summed E-state index contributed by atoms with van der Waals surface area (Å²) in [5.41, 5.74) is 18.3. The molecule has 13 rings (SSSR count). The molecular weight excluding hydrogens is 821 g/mol. The zero-order valence-electron chi connectivity index (χ0n) is 38.4. The van der Waals surface area contributed by atoms with Crippen molar-refractivity contribution in [3.8, 4) is 55.9 Å². The normalized spacial score (nSPS) is 12.0. The lowest BCUT2D eigenvalue weighted by Crippen LogP contribution is -2.10. The van der Waals surface area contributed by atoms with E-state index < -0.39 is 0 Å². The molecule has 0 N–H and O–H groups in total. The molecule has 2 heterocycles. The molecule has 0 bridgehead atoms. The van der Waals surface area contributed by atoms with E-state index in [1.807, 2.05) is 0 Å². The number of hydrogen-bond donors (Lipinski definition) is 0. The van der Waals surface area contributed by atoms with Gasteiger partial charge in [0.2, 0.25) is 0 Å². The molecule has 0 fully saturated rings. The van der Waals surface area contributed by atoms with Crippen molar-refractivity contribution in [2.45, 2.75) is 26.2 Å². The van der Waals surface area contributed by atoms with E-state index in [2.05, 4.69) is 266 Å². The lowest BCUT2D eigenvalue weighted by molar-refractivity contribution is 0.591. The number of nitrogens with zero attached hydrogens (tertiary/aromatic N) is 2. The second-order valence-corrected chi connectivity index (χ2v) is 19.2. The minimum absolute atomic E-state index is 0.0259. The van der Waals surface area contributed by atoms with Crippen LogP contribution in [0.2, 0.25) is 0 Å². The van der Waals surface area contributed by atoms with Crippen LogP contribution in [0.25, 0.3) is 121 Å². The summed E-state index contributed by atoms with van der Waals surface area (Å²) in [6.45, 7) is 6.95. The molecule has 2 nitrogen and oxygen atoms in total. The first kappa shape index (κ1) is 39.9. The molecule has 0 aliphatic heterocycles. The van der Waals surface area contributed by atoms with E-state index in [0.717, 1.165) is 11.4 Å². The van der Waals surface area contributed by atoms with E-state index in [9.17, 15) is 0 Å². The third kappa shape index (κ3) is 6.25. The Kier molecular flexibility index (Phi) is 9.13. The number of hydrogen-bond acceptors (Lipinski definition) is 0. The third-order valence-corrected chi connectivity index (χ3v) is 14.3. The van der Waals surface area contributed by atoms with E-state index >= 15 is 0 Å². The van der Waals surface area contributed by atoms with E-state index in [-0.39, 0.29) is 5.41 Å². The van der Waals surface area contributed by atoms with Crippen LogP contribution in [0.5, 0.6) is 0 Å². The maximum Gasteiger partial charge on any atom is 0.0619 e. The second-order valence-electron chi connectivity index (χ2n) is 19.2. The molecule has 2 aromatic heterocycles. The minimum atomic E-state index is -0.0259. The molecule has 0 amide bonds. The molecule has 0 radical (unpaired) electrons. The van der Waals surface area contributed by atoms with Gasteiger partial charge in [-0.25, -0.2) is 0 Å². The molecule has 0 aliphatic rings. The zero-order chi connectivity index (χ0) is 45.5. The van der Waals surface area contributed by atoms with Gasteiger partial charge in [0.05, 0.1) is 22.1 Å². The SMILES string of the molecule is CC(C)(C)c1ccc2c(-c3ccc(-c4cccc5c6ccccc6n(-c6ccccc6)c45)cc3)c3ccccc3c(-c3ccc(-c4cccc5c6ccccc6n(-c6ccccc6)c45)cc3)c2c1. The van der Waals surface area contributed by atoms with Crippen LogP contribution >= 0.6 is 0 Å². The Morgan fingerprint density at radius 1 is 0.279 bits per heavy atom. The molecular formula is C66H48N2. The van der Waals surface area contributed by atoms with Crippen LogP contribution < -0.4 is 0 Å². The Labute approximate surface area is 396 Å². The maximum atomic E-state index is 2.46. The lowest BCUT2D eigenvalue weighted by Gasteiger charge is -2.23. The lowest BCUT2D eigenvalue weighted by atomic mass is 9.81. The largest absolute Gasteiger partial charge is 0.309 e. The number of rotatable bonds is 6. The molecule has 0 saturated heterocycles. The molecule has 0 unspecified atom stereocenters. The fraction of sp³-hybridized carbons (Fsp3) is 0.0606. The van der Waals surface area contributed by atoms with Gasteiger partial charge in [0.1, 0.15) is 0 Å². The van der Waals surface area contributed by atoms with Crippen molar-refractivity contribution in [3.63, 3.8) is 0 Å². The smallest absolute Gasteiger partial charge is 0.0619 e. The average Bonchev–Trinajstić information content (AvgIpc) is 3.92. The van der Waals surface area contributed by atoms with Crippen LogP contribution in [0.4, 0.5) is 0 Å². The van der Waals surface area contributed by atoms with Crippen molar-refractivity contribution in [1.82, 2.24) is 9.13 Å². The van der Waals surface area contributed by atoms with Gasteiger partial charge in [-0.3, -0.25) is 0 Å². The highest BCUT2D eigenvalue weighted by molar-refractivity contribution is 6.22. The summed E-state index contributed by atoms with van der Waals surface area (Å²) in [4.78, 5) is 0. The molecule has 2 heteroatoms. The molecule has 11 aromatic carbocycles. The first-order chi connectivity index (χ1) is 33.4. The van der Waals surface area contributed by atoms with Crippen molar-refractivity contribution in [2.24, 2.45) is 0 Å². The molecule has 68 heavy (non-hydrogen) atoms. The topological polar surface area (TPSA) is 9.86 Å². The van der Waals surface area contributed by atoms with Gasteiger partial charge < -0.3 is 9.13 Å². The van der Waals surface area contributed by atoms with Gasteiger partial charge >= 0.3 is 0 Å². The summed E-state index contributed by atoms with van der Waals surface area (Å²) >= 11 is 0. The Morgan fingerprint density at radius 2 is 0.647 bits per heavy atom. The van der Waals surface area contributed by atoms with Crippen molar-refractivity contribution >= 4 is 65.2 Å². The Morgan fingerprint density at radius 3 is 1.10 bits per heavy atom. The van der Waals surface area contributed by atoms with Crippen molar-refractivity contribution < 1.29 is 0 Å². The van der Waals surface area contributed by atoms with Crippen LogP contribution in [0, 0.1) is 0 Å². The van der Waals surface area contributed by atoms with E-state index in [1.54, 1.807) is 0 Å². The quantitative estimate of drug-likeness (QED) is 0.147. The summed E-state index contributed by atoms with van der Waals surface area (Å²) in [7, 11) is 0. The highest BCUT2D eigenvalue weighted by Crippen LogP contribution is 2.47. The predicted molar refractivity (Wildman–Crippen MR) is 291 cm³/mol. The second kappa shape index (κ2) is 15.6. The monoisotopic (exact) mass is 868 g/mol. The summed E-state index contributed by atoms with van der Waals surface area (Å²) in [5.74, 6) is 0. The number of fused-ring (bicyclic) bond motifs is 8. The Balaban J connectivity index is 0.979. The van der Waals surface area contributed by atoms with Gasteiger partial charge in [-0.15, -0.1) is 0 Å². The van der Waals surface area contributed by atoms with Crippen LogP contribution in [-0.4, -0.2) is 9.13 Å². The van der Waals surface area contributed by atoms with E-state index in [4.69, 9.17) is 0 Å². The van der Waals surface area contributed by atoms with Gasteiger partial charge in [0.25, 0.3) is 0 Å². The van der Waals surface area contributed by atoms with Gasteiger partial charge in [-0.05, 0) is 108 Å². The van der Waals surface area contributed by atoms with Crippen LogP contribution in [0.3, 0.4) is 0 Å². The summed E-state index contributed by atoms with van der Waals surface area (Å²) < 4.78 is 4.86. The van der Waals surface area contributed by atoms with Gasteiger partial charge in [-0.1, -0.05) is 215 Å². The Hall–Kier alpha value is -8.46. The molecule has 0 aliphatic carbocycles. The molecule has 0 saturated carbocycles. The third-order valence-electron chi connectivity index (χ3n) is 14.3. The van der Waals surface area contributed by atoms with E-state index in [0.29, 0.717) is 0 Å². The van der Waals surface area contributed by atoms with Crippen LogP contribution in [0.15, 0.2) is 237 Å². The highest BCUT2D eigenvalue weighted by atomic mass is 15.0. The molecule has 13 aromatic rings. The number of para-hydroxylation sites is 6. The molecule has 0 spiro atoms. The first-order valence-electron chi connectivity index (χ1n) is 23.8. The summed E-state index contributed by atoms with van der Waals surface area (Å²) in [5, 5.41) is 10.1. The summed E-state index contributed by atoms with van der Waals surface area (Å²) in [6.07, 6.45) is 0. The first-order valence-corrected chi connectivity index (χ1v) is 23.8. The van der Waals surface area contributed by atoms with Gasteiger partial charge in [-0.2, -0.15) is 0 Å². The summed E-state index contributed by atoms with van der Waals surface area (Å²) in [6, 6.07) is 87.4. The number of benzene rings is 11. The average molecular weight is 869 g/mol.